The zero-order valence-electron chi connectivity index (χ0n) is 16.1. The van der Waals surface area contributed by atoms with Crippen molar-refractivity contribution in [3.8, 4) is 5.75 Å². The Hall–Kier alpha value is -2.53. The maximum atomic E-state index is 12.0. The average molecular weight is 399 g/mol. The monoisotopic (exact) mass is 398 g/mol. The molecule has 0 spiro atoms. The van der Waals surface area contributed by atoms with Gasteiger partial charge < -0.3 is 14.4 Å². The minimum atomic E-state index is -0.239. The molecule has 1 saturated heterocycles. The Morgan fingerprint density at radius 1 is 1.29 bits per heavy atom. The first kappa shape index (κ1) is 18.8. The molecule has 2 aliphatic heterocycles. The van der Waals surface area contributed by atoms with Crippen LogP contribution in [0.4, 0.5) is 4.79 Å². The van der Waals surface area contributed by atoms with Crippen LogP contribution in [0.15, 0.2) is 36.0 Å². The van der Waals surface area contributed by atoms with Gasteiger partial charge in [-0.2, -0.15) is 0 Å². The molecule has 1 aromatic carbocycles. The summed E-state index contributed by atoms with van der Waals surface area (Å²) in [6.45, 7) is 6.00. The van der Waals surface area contributed by atoms with Crippen molar-refractivity contribution in [2.24, 2.45) is 0 Å². The van der Waals surface area contributed by atoms with Gasteiger partial charge in [0.15, 0.2) is 0 Å². The number of rotatable bonds is 1. The molecule has 0 unspecified atom stereocenters. The Morgan fingerprint density at radius 2 is 2.07 bits per heavy atom. The van der Waals surface area contributed by atoms with Crippen LogP contribution in [0.25, 0.3) is 5.57 Å². The van der Waals surface area contributed by atoms with E-state index in [1.807, 2.05) is 38.2 Å². The van der Waals surface area contributed by atoms with Gasteiger partial charge >= 0.3 is 6.09 Å². The third-order valence-corrected chi connectivity index (χ3v) is 5.42. The lowest BCUT2D eigenvalue weighted by Gasteiger charge is -2.29. The lowest BCUT2D eigenvalue weighted by atomic mass is 9.89. The molecule has 1 aromatic heterocycles. The number of hydrogen-bond donors (Lipinski definition) is 0. The van der Waals surface area contributed by atoms with E-state index in [9.17, 15) is 4.79 Å². The fraction of sp³-hybridized carbons (Fsp3) is 0.364. The Morgan fingerprint density at radius 3 is 2.82 bits per heavy atom. The first-order valence-corrected chi connectivity index (χ1v) is 9.97. The number of amides is 1. The van der Waals surface area contributed by atoms with Crippen LogP contribution in [-0.4, -0.2) is 35.7 Å². The van der Waals surface area contributed by atoms with Crippen LogP contribution in [0.5, 0.6) is 5.75 Å². The fourth-order valence-electron chi connectivity index (χ4n) is 3.85. The maximum absolute atomic E-state index is 12.0. The number of nitrogens with zero attached hydrogens (tertiary/aromatic N) is 2. The molecule has 5 nitrogen and oxygen atoms in total. The van der Waals surface area contributed by atoms with Crippen LogP contribution >= 0.6 is 11.6 Å². The van der Waals surface area contributed by atoms with Gasteiger partial charge in [-0.05, 0) is 56.5 Å². The number of hydrogen-bond acceptors (Lipinski definition) is 4. The van der Waals surface area contributed by atoms with E-state index in [0.29, 0.717) is 31.3 Å². The number of ether oxygens (including phenoxy) is 2. The standard InChI is InChI=1S/C22H23ClN2O3/c1-3-27-22(26)25-8-6-15(7-9-25)20-18-5-4-17(23)11-19(18)28-13-16-10-14(2)12-24-21(16)20/h4-5,10-12H,3,6-9,13H2,1-2H3. The number of fused-ring (bicyclic) bond motifs is 2. The van der Waals surface area contributed by atoms with Gasteiger partial charge in [0, 0.05) is 41.0 Å². The zero-order chi connectivity index (χ0) is 19.7. The van der Waals surface area contributed by atoms with E-state index < -0.39 is 0 Å². The van der Waals surface area contributed by atoms with Crippen LogP contribution in [0.3, 0.4) is 0 Å². The molecule has 4 rings (SSSR count). The van der Waals surface area contributed by atoms with Crippen molar-refractivity contribution in [1.82, 2.24) is 9.88 Å². The Labute approximate surface area is 169 Å². The van der Waals surface area contributed by atoms with Crippen molar-refractivity contribution in [1.29, 1.82) is 0 Å². The first-order chi connectivity index (χ1) is 13.6. The largest absolute Gasteiger partial charge is 0.488 e. The summed E-state index contributed by atoms with van der Waals surface area (Å²) in [5, 5.41) is 0.648. The Balaban J connectivity index is 1.77. The third kappa shape index (κ3) is 3.59. The highest BCUT2D eigenvalue weighted by Gasteiger charge is 2.27. The minimum absolute atomic E-state index is 0.239. The van der Waals surface area contributed by atoms with Gasteiger partial charge in [0.1, 0.15) is 12.4 Å². The lowest BCUT2D eigenvalue weighted by Crippen LogP contribution is -2.37. The van der Waals surface area contributed by atoms with Gasteiger partial charge in [0.2, 0.25) is 0 Å². The summed E-state index contributed by atoms with van der Waals surface area (Å²) < 4.78 is 11.2. The molecule has 2 aliphatic rings. The number of carbonyl (C=O) groups is 1. The van der Waals surface area contributed by atoms with E-state index in [-0.39, 0.29) is 6.09 Å². The van der Waals surface area contributed by atoms with Crippen LogP contribution in [0.1, 0.15) is 42.1 Å². The average Bonchev–Trinajstić information content (AvgIpc) is 2.84. The normalized spacial score (nSPS) is 16.0. The number of benzene rings is 1. The molecule has 0 radical (unpaired) electrons. The number of carbonyl (C=O) groups excluding carboxylic acids is 1. The zero-order valence-corrected chi connectivity index (χ0v) is 16.9. The molecule has 146 valence electrons. The summed E-state index contributed by atoms with van der Waals surface area (Å²) in [5.74, 6) is 0.776. The van der Waals surface area contributed by atoms with E-state index in [0.717, 1.165) is 46.5 Å². The van der Waals surface area contributed by atoms with Crippen molar-refractivity contribution in [2.45, 2.75) is 33.3 Å². The molecule has 28 heavy (non-hydrogen) atoms. The van der Waals surface area contributed by atoms with Gasteiger partial charge in [0.05, 0.1) is 12.3 Å². The van der Waals surface area contributed by atoms with Crippen molar-refractivity contribution in [3.63, 3.8) is 0 Å². The second-order valence-electron chi connectivity index (χ2n) is 7.11. The second-order valence-corrected chi connectivity index (χ2v) is 7.55. The molecule has 6 heteroatoms. The smallest absolute Gasteiger partial charge is 0.409 e. The van der Waals surface area contributed by atoms with E-state index in [2.05, 4.69) is 6.07 Å². The quantitative estimate of drug-likeness (QED) is 0.679. The molecule has 0 bridgehead atoms. The second kappa shape index (κ2) is 7.84. The summed E-state index contributed by atoms with van der Waals surface area (Å²) in [4.78, 5) is 18.6. The highest BCUT2D eigenvalue weighted by Crippen LogP contribution is 2.41. The Kier molecular flexibility index (Phi) is 5.27. The highest BCUT2D eigenvalue weighted by atomic mass is 35.5. The Bertz CT molecular complexity index is 889. The van der Waals surface area contributed by atoms with Crippen LogP contribution < -0.4 is 4.74 Å². The lowest BCUT2D eigenvalue weighted by molar-refractivity contribution is 0.104. The van der Waals surface area contributed by atoms with Gasteiger partial charge in [-0.1, -0.05) is 17.2 Å². The summed E-state index contributed by atoms with van der Waals surface area (Å²) in [5.41, 5.74) is 6.55. The maximum Gasteiger partial charge on any atom is 0.409 e. The van der Waals surface area contributed by atoms with Gasteiger partial charge in [-0.15, -0.1) is 0 Å². The topological polar surface area (TPSA) is 51.7 Å². The molecular formula is C22H23ClN2O3. The predicted molar refractivity (Wildman–Crippen MR) is 109 cm³/mol. The summed E-state index contributed by atoms with van der Waals surface area (Å²) in [6, 6.07) is 7.89. The molecule has 0 saturated carbocycles. The number of likely N-dealkylation sites (tertiary alicyclic amines) is 1. The fourth-order valence-corrected chi connectivity index (χ4v) is 4.01. The van der Waals surface area contributed by atoms with Crippen molar-refractivity contribution >= 4 is 23.3 Å². The van der Waals surface area contributed by atoms with Crippen molar-refractivity contribution < 1.29 is 14.3 Å². The van der Waals surface area contributed by atoms with Gasteiger partial charge in [-0.25, -0.2) is 4.79 Å². The molecule has 0 aliphatic carbocycles. The SMILES string of the molecule is CCOC(=O)N1CCC(=C2c3ccc(Cl)cc3OCc3cc(C)cnc32)CC1. The van der Waals surface area contributed by atoms with E-state index >= 15 is 0 Å². The van der Waals surface area contributed by atoms with Crippen LogP contribution in [0.2, 0.25) is 5.02 Å². The number of halogens is 1. The number of pyridine rings is 1. The molecule has 3 heterocycles. The van der Waals surface area contributed by atoms with Crippen molar-refractivity contribution in [3.05, 3.63) is 63.4 Å². The van der Waals surface area contributed by atoms with Crippen LogP contribution in [0, 0.1) is 6.92 Å². The summed E-state index contributed by atoms with van der Waals surface area (Å²) >= 11 is 6.21. The predicted octanol–water partition coefficient (Wildman–Crippen LogP) is 4.99. The minimum Gasteiger partial charge on any atom is -0.488 e. The van der Waals surface area contributed by atoms with Crippen molar-refractivity contribution in [2.75, 3.05) is 19.7 Å². The highest BCUT2D eigenvalue weighted by molar-refractivity contribution is 6.30. The summed E-state index contributed by atoms with van der Waals surface area (Å²) in [6.07, 6.45) is 3.22. The molecule has 2 aromatic rings. The molecule has 1 amide bonds. The summed E-state index contributed by atoms with van der Waals surface area (Å²) in [7, 11) is 0. The van der Waals surface area contributed by atoms with E-state index in [1.165, 1.54) is 5.57 Å². The third-order valence-electron chi connectivity index (χ3n) is 5.18. The van der Waals surface area contributed by atoms with E-state index in [4.69, 9.17) is 26.1 Å². The molecule has 0 atom stereocenters. The number of aromatic nitrogens is 1. The van der Waals surface area contributed by atoms with Gasteiger partial charge in [0.25, 0.3) is 0 Å². The first-order valence-electron chi connectivity index (χ1n) is 9.59. The van der Waals surface area contributed by atoms with Gasteiger partial charge in [-0.3, -0.25) is 4.98 Å². The molecular weight excluding hydrogens is 376 g/mol. The molecule has 1 fully saturated rings. The van der Waals surface area contributed by atoms with Crippen LogP contribution in [-0.2, 0) is 11.3 Å². The van der Waals surface area contributed by atoms with E-state index in [1.54, 1.807) is 4.90 Å². The number of aryl methyl sites for hydroxylation is 1. The number of piperidine rings is 1. The molecule has 0 N–H and O–H groups in total.